The summed E-state index contributed by atoms with van der Waals surface area (Å²) in [5, 5.41) is 2.68. The van der Waals surface area contributed by atoms with Crippen LogP contribution in [0.15, 0.2) is 23.1 Å². The van der Waals surface area contributed by atoms with Gasteiger partial charge < -0.3 is 14.8 Å². The molecule has 0 radical (unpaired) electrons. The summed E-state index contributed by atoms with van der Waals surface area (Å²) < 4.78 is 37.1. The highest BCUT2D eigenvalue weighted by molar-refractivity contribution is 7.89. The number of hydrogen-bond acceptors (Lipinski definition) is 5. The molecule has 8 heteroatoms. The van der Waals surface area contributed by atoms with Gasteiger partial charge in [-0.1, -0.05) is 0 Å². The predicted molar refractivity (Wildman–Crippen MR) is 74.7 cm³/mol. The highest BCUT2D eigenvalue weighted by Crippen LogP contribution is 2.32. The van der Waals surface area contributed by atoms with Gasteiger partial charge in [-0.2, -0.15) is 4.31 Å². The largest absolute Gasteiger partial charge is 0.479 e. The normalized spacial score (nSPS) is 23.1. The summed E-state index contributed by atoms with van der Waals surface area (Å²) >= 11 is 0. The second kappa shape index (κ2) is 5.28. The van der Waals surface area contributed by atoms with Gasteiger partial charge in [-0.15, -0.1) is 0 Å². The number of sulfonamides is 1. The Morgan fingerprint density at radius 2 is 2.00 bits per heavy atom. The van der Waals surface area contributed by atoms with Gasteiger partial charge >= 0.3 is 0 Å². The van der Waals surface area contributed by atoms with Gasteiger partial charge in [-0.3, -0.25) is 4.79 Å². The fourth-order valence-electron chi connectivity index (χ4n) is 2.28. The molecule has 1 aromatic carbocycles. The summed E-state index contributed by atoms with van der Waals surface area (Å²) in [5.74, 6) is 0.128. The topological polar surface area (TPSA) is 84.9 Å². The average Bonchev–Trinajstić information content (AvgIpc) is 2.49. The van der Waals surface area contributed by atoms with Crippen LogP contribution in [0.2, 0.25) is 0 Å². The van der Waals surface area contributed by atoms with Crippen molar-refractivity contribution in [2.45, 2.75) is 17.9 Å². The number of anilines is 1. The molecule has 1 saturated heterocycles. The van der Waals surface area contributed by atoms with Gasteiger partial charge in [-0.25, -0.2) is 8.42 Å². The molecule has 0 aliphatic carbocycles. The van der Waals surface area contributed by atoms with Crippen molar-refractivity contribution in [3.63, 3.8) is 0 Å². The molecule has 3 rings (SSSR count). The summed E-state index contributed by atoms with van der Waals surface area (Å²) in [6.07, 6.45) is -0.640. The van der Waals surface area contributed by atoms with Crippen molar-refractivity contribution in [3.05, 3.63) is 18.2 Å². The first-order chi connectivity index (χ1) is 9.98. The first kappa shape index (κ1) is 14.3. The van der Waals surface area contributed by atoms with Crippen LogP contribution in [-0.2, 0) is 19.6 Å². The Kier molecular flexibility index (Phi) is 3.60. The third-order valence-corrected chi connectivity index (χ3v) is 5.39. The first-order valence-electron chi connectivity index (χ1n) is 6.68. The molecule has 7 nitrogen and oxygen atoms in total. The lowest BCUT2D eigenvalue weighted by Gasteiger charge is -2.27. The highest BCUT2D eigenvalue weighted by Gasteiger charge is 2.29. The van der Waals surface area contributed by atoms with Gasteiger partial charge in [0.2, 0.25) is 10.0 Å². The fraction of sp³-hybridized carbons (Fsp3) is 0.462. The number of rotatable bonds is 2. The number of nitrogens with one attached hydrogen (secondary N) is 1. The van der Waals surface area contributed by atoms with Gasteiger partial charge in [0.1, 0.15) is 5.75 Å². The van der Waals surface area contributed by atoms with Gasteiger partial charge in [0.15, 0.2) is 6.10 Å². The van der Waals surface area contributed by atoms with Crippen LogP contribution >= 0.6 is 0 Å². The minimum atomic E-state index is -3.57. The molecular formula is C13H16N2O5S. The molecule has 0 spiro atoms. The summed E-state index contributed by atoms with van der Waals surface area (Å²) in [6, 6.07) is 4.48. The third kappa shape index (κ3) is 2.61. The van der Waals surface area contributed by atoms with Crippen LogP contribution in [0.1, 0.15) is 6.92 Å². The maximum absolute atomic E-state index is 12.5. The number of nitrogens with zero attached hydrogens (tertiary/aromatic N) is 1. The Morgan fingerprint density at radius 1 is 1.29 bits per heavy atom. The quantitative estimate of drug-likeness (QED) is 0.856. The molecular weight excluding hydrogens is 296 g/mol. The van der Waals surface area contributed by atoms with E-state index in [0.717, 1.165) is 0 Å². The number of benzene rings is 1. The molecule has 0 bridgehead atoms. The van der Waals surface area contributed by atoms with E-state index in [1.54, 1.807) is 13.0 Å². The fourth-order valence-corrected chi connectivity index (χ4v) is 3.70. The lowest BCUT2D eigenvalue weighted by molar-refractivity contribution is -0.122. The van der Waals surface area contributed by atoms with E-state index >= 15 is 0 Å². The third-order valence-electron chi connectivity index (χ3n) is 3.49. The molecule has 1 N–H and O–H groups in total. The van der Waals surface area contributed by atoms with Crippen LogP contribution in [0, 0.1) is 0 Å². The van der Waals surface area contributed by atoms with Crippen molar-refractivity contribution in [1.29, 1.82) is 0 Å². The Balaban J connectivity index is 1.93. The maximum Gasteiger partial charge on any atom is 0.265 e. The number of fused-ring (bicyclic) bond motifs is 1. The van der Waals surface area contributed by atoms with E-state index in [9.17, 15) is 13.2 Å². The minimum absolute atomic E-state index is 0.159. The van der Waals surface area contributed by atoms with E-state index in [4.69, 9.17) is 9.47 Å². The molecule has 21 heavy (non-hydrogen) atoms. The highest BCUT2D eigenvalue weighted by atomic mass is 32.2. The maximum atomic E-state index is 12.5. The molecule has 1 aromatic rings. The van der Waals surface area contributed by atoms with Gasteiger partial charge in [0.05, 0.1) is 23.8 Å². The van der Waals surface area contributed by atoms with Gasteiger partial charge in [-0.05, 0) is 19.1 Å². The lowest BCUT2D eigenvalue weighted by Crippen LogP contribution is -2.40. The Hall–Kier alpha value is -1.64. The zero-order chi connectivity index (χ0) is 15.0. The Bertz CT molecular complexity index is 667. The average molecular weight is 312 g/mol. The number of hydrogen-bond donors (Lipinski definition) is 1. The predicted octanol–water partition coefficient (Wildman–Crippen LogP) is 0.427. The van der Waals surface area contributed by atoms with Gasteiger partial charge in [0.25, 0.3) is 5.91 Å². The van der Waals surface area contributed by atoms with E-state index in [1.807, 2.05) is 0 Å². The first-order valence-corrected chi connectivity index (χ1v) is 8.12. The zero-order valence-corrected chi connectivity index (χ0v) is 12.4. The van der Waals surface area contributed by atoms with Gasteiger partial charge in [0, 0.05) is 19.2 Å². The zero-order valence-electron chi connectivity index (χ0n) is 11.5. The molecule has 1 atom stereocenters. The minimum Gasteiger partial charge on any atom is -0.479 e. The molecule has 114 valence electrons. The van der Waals surface area contributed by atoms with Crippen molar-refractivity contribution in [3.8, 4) is 5.75 Å². The van der Waals surface area contributed by atoms with Crippen molar-refractivity contribution >= 4 is 21.6 Å². The molecule has 2 aliphatic heterocycles. The summed E-state index contributed by atoms with van der Waals surface area (Å²) in [4.78, 5) is 11.7. The molecule has 0 aromatic heterocycles. The van der Waals surface area contributed by atoms with Crippen molar-refractivity contribution in [1.82, 2.24) is 4.31 Å². The van der Waals surface area contributed by atoms with E-state index in [2.05, 4.69) is 5.32 Å². The van der Waals surface area contributed by atoms with E-state index in [1.165, 1.54) is 16.4 Å². The van der Waals surface area contributed by atoms with Crippen molar-refractivity contribution in [2.24, 2.45) is 0 Å². The van der Waals surface area contributed by atoms with Crippen LogP contribution in [0.5, 0.6) is 5.75 Å². The molecule has 1 fully saturated rings. The Morgan fingerprint density at radius 3 is 2.71 bits per heavy atom. The van der Waals surface area contributed by atoms with Crippen LogP contribution in [0.4, 0.5) is 5.69 Å². The number of morpholine rings is 1. The smallest absolute Gasteiger partial charge is 0.265 e. The monoisotopic (exact) mass is 312 g/mol. The summed E-state index contributed by atoms with van der Waals surface area (Å²) in [7, 11) is -3.57. The molecule has 2 heterocycles. The molecule has 0 saturated carbocycles. The SMILES string of the molecule is C[C@@H]1Oc2cc(S(=O)(=O)N3CCOCC3)ccc2NC1=O. The van der Waals surface area contributed by atoms with Crippen molar-refractivity contribution in [2.75, 3.05) is 31.6 Å². The summed E-state index contributed by atoms with van der Waals surface area (Å²) in [5.41, 5.74) is 0.485. The van der Waals surface area contributed by atoms with E-state index in [0.29, 0.717) is 37.7 Å². The Labute approximate surface area is 122 Å². The molecule has 2 aliphatic rings. The van der Waals surface area contributed by atoms with Crippen LogP contribution in [-0.4, -0.2) is 51.0 Å². The van der Waals surface area contributed by atoms with Crippen LogP contribution < -0.4 is 10.1 Å². The van der Waals surface area contributed by atoms with Crippen LogP contribution in [0.25, 0.3) is 0 Å². The second-order valence-corrected chi connectivity index (χ2v) is 6.86. The number of ether oxygens (including phenoxy) is 2. The number of carbonyl (C=O) groups excluding carboxylic acids is 1. The van der Waals surface area contributed by atoms with E-state index < -0.39 is 16.1 Å². The van der Waals surface area contributed by atoms with Crippen LogP contribution in [0.3, 0.4) is 0 Å². The molecule has 0 unspecified atom stereocenters. The van der Waals surface area contributed by atoms with Crippen molar-refractivity contribution < 1.29 is 22.7 Å². The molecule has 1 amide bonds. The lowest BCUT2D eigenvalue weighted by atomic mass is 10.2. The standard InChI is InChI=1S/C13H16N2O5S/c1-9-13(16)14-11-3-2-10(8-12(11)20-9)21(17,18)15-4-6-19-7-5-15/h2-3,8-9H,4-7H2,1H3,(H,14,16)/t9-/m0/s1. The second-order valence-electron chi connectivity index (χ2n) is 4.92. The summed E-state index contributed by atoms with van der Waals surface area (Å²) in [6.45, 7) is 3.09. The van der Waals surface area contributed by atoms with E-state index in [-0.39, 0.29) is 10.8 Å². The number of amides is 1. The number of carbonyl (C=O) groups is 1.